The van der Waals surface area contributed by atoms with Gasteiger partial charge in [-0.25, -0.2) is 0 Å². The van der Waals surface area contributed by atoms with E-state index >= 15 is 0 Å². The third-order valence-corrected chi connectivity index (χ3v) is 3.53. The first-order valence-corrected chi connectivity index (χ1v) is 7.15. The van der Waals surface area contributed by atoms with Gasteiger partial charge >= 0.3 is 0 Å². The number of rotatable bonds is 3. The highest BCUT2D eigenvalue weighted by molar-refractivity contribution is 5.94. The van der Waals surface area contributed by atoms with E-state index in [9.17, 15) is 4.79 Å². The molecule has 21 heavy (non-hydrogen) atoms. The first kappa shape index (κ1) is 15.3. The second-order valence-electron chi connectivity index (χ2n) is 6.43. The summed E-state index contributed by atoms with van der Waals surface area (Å²) in [7, 11) is 1.81. The van der Waals surface area contributed by atoms with Crippen LogP contribution < -0.4 is 5.32 Å². The molecule has 1 aromatic heterocycles. The van der Waals surface area contributed by atoms with E-state index in [0.717, 1.165) is 11.3 Å². The number of carbonyl (C=O) groups excluding carboxylic acids is 1. The first-order valence-electron chi connectivity index (χ1n) is 7.15. The van der Waals surface area contributed by atoms with Crippen LogP contribution in [0.5, 0.6) is 0 Å². The van der Waals surface area contributed by atoms with E-state index in [1.165, 1.54) is 5.56 Å². The number of hydrogen-bond acceptors (Lipinski definition) is 2. The first-order chi connectivity index (χ1) is 9.77. The lowest BCUT2D eigenvalue weighted by Gasteiger charge is -2.19. The zero-order valence-electron chi connectivity index (χ0n) is 13.4. The van der Waals surface area contributed by atoms with E-state index in [4.69, 9.17) is 0 Å². The van der Waals surface area contributed by atoms with Crippen molar-refractivity contribution in [1.29, 1.82) is 0 Å². The fourth-order valence-corrected chi connectivity index (χ4v) is 2.22. The summed E-state index contributed by atoms with van der Waals surface area (Å²) >= 11 is 0. The van der Waals surface area contributed by atoms with Gasteiger partial charge in [0.1, 0.15) is 0 Å². The fraction of sp³-hybridized carbons (Fsp3) is 0.412. The van der Waals surface area contributed by atoms with Crippen LogP contribution in [0, 0.1) is 6.92 Å². The Kier molecular flexibility index (Phi) is 4.16. The minimum atomic E-state index is -0.0829. The van der Waals surface area contributed by atoms with E-state index in [2.05, 4.69) is 55.5 Å². The van der Waals surface area contributed by atoms with Gasteiger partial charge in [-0.2, -0.15) is 5.10 Å². The van der Waals surface area contributed by atoms with Gasteiger partial charge in [-0.1, -0.05) is 45.0 Å². The molecule has 1 N–H and O–H groups in total. The van der Waals surface area contributed by atoms with Crippen molar-refractivity contribution in [3.8, 4) is 0 Å². The number of aromatic nitrogens is 2. The van der Waals surface area contributed by atoms with Crippen molar-refractivity contribution >= 4 is 5.91 Å². The predicted octanol–water partition coefficient (Wildman–Crippen LogP) is 2.96. The largest absolute Gasteiger partial charge is 0.348 e. The molecule has 0 saturated carbocycles. The maximum Gasteiger partial charge on any atom is 0.255 e. The lowest BCUT2D eigenvalue weighted by atomic mass is 9.87. The number of nitrogens with zero attached hydrogens (tertiary/aromatic N) is 2. The van der Waals surface area contributed by atoms with Crippen molar-refractivity contribution in [1.82, 2.24) is 15.1 Å². The maximum atomic E-state index is 12.1. The zero-order valence-corrected chi connectivity index (χ0v) is 13.4. The smallest absolute Gasteiger partial charge is 0.255 e. The lowest BCUT2D eigenvalue weighted by Crippen LogP contribution is -2.23. The third kappa shape index (κ3) is 3.72. The van der Waals surface area contributed by atoms with Crippen LogP contribution in [0.2, 0.25) is 0 Å². The Morgan fingerprint density at radius 2 is 1.86 bits per heavy atom. The molecule has 4 nitrogen and oxygen atoms in total. The van der Waals surface area contributed by atoms with Crippen LogP contribution >= 0.6 is 0 Å². The highest BCUT2D eigenvalue weighted by Crippen LogP contribution is 2.22. The zero-order chi connectivity index (χ0) is 15.6. The highest BCUT2D eigenvalue weighted by atomic mass is 16.1. The van der Waals surface area contributed by atoms with Crippen LogP contribution in [0.15, 0.2) is 30.5 Å². The van der Waals surface area contributed by atoms with Crippen molar-refractivity contribution in [3.63, 3.8) is 0 Å². The maximum absolute atomic E-state index is 12.1. The Morgan fingerprint density at radius 1 is 1.24 bits per heavy atom. The van der Waals surface area contributed by atoms with E-state index in [-0.39, 0.29) is 11.3 Å². The van der Waals surface area contributed by atoms with Crippen molar-refractivity contribution in [2.45, 2.75) is 39.7 Å². The van der Waals surface area contributed by atoms with E-state index in [1.54, 1.807) is 10.9 Å². The van der Waals surface area contributed by atoms with E-state index in [0.29, 0.717) is 12.1 Å². The Hall–Kier alpha value is -2.10. The normalized spacial score (nSPS) is 11.5. The summed E-state index contributed by atoms with van der Waals surface area (Å²) in [6, 6.07) is 8.38. The molecule has 0 aliphatic carbocycles. The fourth-order valence-electron chi connectivity index (χ4n) is 2.22. The highest BCUT2D eigenvalue weighted by Gasteiger charge is 2.14. The molecule has 0 aliphatic heterocycles. The summed E-state index contributed by atoms with van der Waals surface area (Å²) in [6.45, 7) is 8.93. The number of amides is 1. The van der Waals surface area contributed by atoms with Gasteiger partial charge < -0.3 is 5.32 Å². The molecular weight excluding hydrogens is 262 g/mol. The summed E-state index contributed by atoms with van der Waals surface area (Å²) in [4.78, 5) is 12.1. The SMILES string of the molecule is Cc1nn(C)cc1C(=O)NCc1ccc(C(C)(C)C)cc1. The molecule has 1 heterocycles. The molecule has 0 bridgehead atoms. The second kappa shape index (κ2) is 5.72. The minimum Gasteiger partial charge on any atom is -0.348 e. The van der Waals surface area contributed by atoms with Crippen LogP contribution in [-0.2, 0) is 19.0 Å². The van der Waals surface area contributed by atoms with Gasteiger partial charge in [0.2, 0.25) is 0 Å². The number of aryl methyl sites for hydroxylation is 2. The average Bonchev–Trinajstić information content (AvgIpc) is 2.74. The van der Waals surface area contributed by atoms with Crippen molar-refractivity contribution < 1.29 is 4.79 Å². The molecule has 4 heteroatoms. The van der Waals surface area contributed by atoms with Crippen molar-refractivity contribution in [2.75, 3.05) is 0 Å². The predicted molar refractivity (Wildman–Crippen MR) is 84.3 cm³/mol. The van der Waals surface area contributed by atoms with Gasteiger partial charge in [0.15, 0.2) is 0 Å². The molecular formula is C17H23N3O. The Bertz CT molecular complexity index is 633. The quantitative estimate of drug-likeness (QED) is 0.942. The summed E-state index contributed by atoms with van der Waals surface area (Å²) in [5.41, 5.74) is 3.91. The molecule has 2 rings (SSSR count). The van der Waals surface area contributed by atoms with E-state index in [1.807, 2.05) is 14.0 Å². The standard InChI is InChI=1S/C17H23N3O/c1-12-15(11-20(5)19-12)16(21)18-10-13-6-8-14(9-7-13)17(2,3)4/h6-9,11H,10H2,1-5H3,(H,18,21). The summed E-state index contributed by atoms with van der Waals surface area (Å²) in [6.07, 6.45) is 1.74. The molecule has 0 saturated heterocycles. The molecule has 1 aromatic carbocycles. The molecule has 2 aromatic rings. The van der Waals surface area contributed by atoms with Crippen LogP contribution in [0.3, 0.4) is 0 Å². The Labute approximate surface area is 126 Å². The van der Waals surface area contributed by atoms with Crippen LogP contribution in [0.4, 0.5) is 0 Å². The van der Waals surface area contributed by atoms with Gasteiger partial charge in [0.25, 0.3) is 5.91 Å². The minimum absolute atomic E-state index is 0.0829. The van der Waals surface area contributed by atoms with Gasteiger partial charge in [0.05, 0.1) is 11.3 Å². The van der Waals surface area contributed by atoms with Gasteiger partial charge in [-0.15, -0.1) is 0 Å². The number of benzene rings is 1. The van der Waals surface area contributed by atoms with Gasteiger partial charge in [-0.05, 0) is 23.5 Å². The van der Waals surface area contributed by atoms with Gasteiger partial charge in [0, 0.05) is 19.8 Å². The summed E-state index contributed by atoms with van der Waals surface area (Å²) in [5, 5.41) is 7.12. The van der Waals surface area contributed by atoms with E-state index < -0.39 is 0 Å². The molecule has 0 radical (unpaired) electrons. The Morgan fingerprint density at radius 3 is 2.33 bits per heavy atom. The second-order valence-corrected chi connectivity index (χ2v) is 6.43. The van der Waals surface area contributed by atoms with Crippen molar-refractivity contribution in [3.05, 3.63) is 52.8 Å². The number of carbonyl (C=O) groups is 1. The molecule has 0 fully saturated rings. The van der Waals surface area contributed by atoms with Crippen LogP contribution in [0.25, 0.3) is 0 Å². The van der Waals surface area contributed by atoms with Crippen molar-refractivity contribution in [2.24, 2.45) is 7.05 Å². The average molecular weight is 285 g/mol. The number of hydrogen-bond donors (Lipinski definition) is 1. The molecule has 0 spiro atoms. The molecule has 0 unspecified atom stereocenters. The lowest BCUT2D eigenvalue weighted by molar-refractivity contribution is 0.0950. The Balaban J connectivity index is 2.00. The third-order valence-electron chi connectivity index (χ3n) is 3.53. The monoisotopic (exact) mass is 285 g/mol. The van der Waals surface area contributed by atoms with Crippen LogP contribution in [0.1, 0.15) is 48.0 Å². The summed E-state index contributed by atoms with van der Waals surface area (Å²) in [5.74, 6) is -0.0829. The number of nitrogens with one attached hydrogen (secondary N) is 1. The molecule has 0 atom stereocenters. The van der Waals surface area contributed by atoms with Gasteiger partial charge in [-0.3, -0.25) is 9.48 Å². The topological polar surface area (TPSA) is 46.9 Å². The summed E-state index contributed by atoms with van der Waals surface area (Å²) < 4.78 is 1.66. The molecule has 1 amide bonds. The molecule has 112 valence electrons. The van der Waals surface area contributed by atoms with Crippen LogP contribution in [-0.4, -0.2) is 15.7 Å². The molecule has 0 aliphatic rings.